The Hall–Kier alpha value is -1.94. The molecule has 0 spiro atoms. The van der Waals surface area contributed by atoms with Crippen LogP contribution in [0.25, 0.3) is 10.9 Å². The Morgan fingerprint density at radius 3 is 3.00 bits per heavy atom. The summed E-state index contributed by atoms with van der Waals surface area (Å²) in [6, 6.07) is 10.3. The number of nitrogens with zero attached hydrogens (tertiary/aromatic N) is 2. The number of benzene rings is 1. The SMILES string of the molecule is CNC1CCCN(C(=O)c2cc3ccccc3nc2C)C1. The number of likely N-dealkylation sites (N-methyl/N-ethyl adjacent to an activating group) is 1. The average molecular weight is 283 g/mol. The molecule has 1 aromatic carbocycles. The lowest BCUT2D eigenvalue weighted by Gasteiger charge is -2.32. The molecule has 0 bridgehead atoms. The maximum atomic E-state index is 12.8. The molecular formula is C17H21N3O. The second kappa shape index (κ2) is 5.82. The zero-order chi connectivity index (χ0) is 14.8. The first-order chi connectivity index (χ1) is 10.2. The molecule has 2 heterocycles. The minimum atomic E-state index is 0.103. The Morgan fingerprint density at radius 1 is 1.38 bits per heavy atom. The van der Waals surface area contributed by atoms with Gasteiger partial charge in [-0.2, -0.15) is 0 Å². The van der Waals surface area contributed by atoms with E-state index < -0.39 is 0 Å². The van der Waals surface area contributed by atoms with E-state index in [4.69, 9.17) is 0 Å². The van der Waals surface area contributed by atoms with E-state index in [0.29, 0.717) is 6.04 Å². The van der Waals surface area contributed by atoms with Gasteiger partial charge in [0.25, 0.3) is 5.91 Å². The molecule has 1 N–H and O–H groups in total. The monoisotopic (exact) mass is 283 g/mol. The second-order valence-corrected chi connectivity index (χ2v) is 5.69. The third kappa shape index (κ3) is 2.76. The van der Waals surface area contributed by atoms with Crippen molar-refractivity contribution in [3.8, 4) is 0 Å². The lowest BCUT2D eigenvalue weighted by molar-refractivity contribution is 0.0697. The highest BCUT2D eigenvalue weighted by Gasteiger charge is 2.24. The van der Waals surface area contributed by atoms with Crippen LogP contribution in [0.15, 0.2) is 30.3 Å². The number of carbonyl (C=O) groups is 1. The zero-order valence-electron chi connectivity index (χ0n) is 12.6. The first kappa shape index (κ1) is 14.0. The third-order valence-corrected chi connectivity index (χ3v) is 4.26. The molecule has 1 amide bonds. The van der Waals surface area contributed by atoms with Gasteiger partial charge in [0.05, 0.1) is 16.8 Å². The van der Waals surface area contributed by atoms with Gasteiger partial charge in [-0.3, -0.25) is 9.78 Å². The molecule has 2 aromatic rings. The number of nitrogens with one attached hydrogen (secondary N) is 1. The Morgan fingerprint density at radius 2 is 2.19 bits per heavy atom. The molecule has 0 aliphatic carbocycles. The summed E-state index contributed by atoms with van der Waals surface area (Å²) < 4.78 is 0. The molecule has 21 heavy (non-hydrogen) atoms. The smallest absolute Gasteiger partial charge is 0.255 e. The highest BCUT2D eigenvalue weighted by atomic mass is 16.2. The molecule has 1 fully saturated rings. The van der Waals surface area contributed by atoms with Gasteiger partial charge in [-0.25, -0.2) is 0 Å². The molecular weight excluding hydrogens is 262 g/mol. The number of amides is 1. The first-order valence-electron chi connectivity index (χ1n) is 7.52. The van der Waals surface area contributed by atoms with Crippen LogP contribution in [0.4, 0.5) is 0 Å². The summed E-state index contributed by atoms with van der Waals surface area (Å²) in [5, 5.41) is 4.30. The molecule has 4 heteroatoms. The maximum absolute atomic E-state index is 12.8. The van der Waals surface area contributed by atoms with Gasteiger partial charge in [-0.05, 0) is 38.9 Å². The van der Waals surface area contributed by atoms with E-state index in [2.05, 4.69) is 10.3 Å². The van der Waals surface area contributed by atoms with Crippen molar-refractivity contribution >= 4 is 16.8 Å². The molecule has 1 unspecified atom stereocenters. The summed E-state index contributed by atoms with van der Waals surface area (Å²) in [6.07, 6.45) is 2.19. The molecule has 4 nitrogen and oxygen atoms in total. The standard InChI is InChI=1S/C17H21N3O/c1-12-15(10-13-6-3-4-8-16(13)19-12)17(21)20-9-5-7-14(11-20)18-2/h3-4,6,8,10,14,18H,5,7,9,11H2,1-2H3. The average Bonchev–Trinajstić information content (AvgIpc) is 2.53. The molecule has 3 rings (SSSR count). The summed E-state index contributed by atoms with van der Waals surface area (Å²) >= 11 is 0. The fourth-order valence-corrected chi connectivity index (χ4v) is 3.00. The maximum Gasteiger partial charge on any atom is 0.255 e. The van der Waals surface area contributed by atoms with Crippen LogP contribution in [0.2, 0.25) is 0 Å². The van der Waals surface area contributed by atoms with Crippen molar-refractivity contribution in [3.05, 3.63) is 41.6 Å². The van der Waals surface area contributed by atoms with Crippen LogP contribution in [-0.2, 0) is 0 Å². The van der Waals surface area contributed by atoms with E-state index in [1.165, 1.54) is 0 Å². The van der Waals surface area contributed by atoms with Crippen LogP contribution in [0.1, 0.15) is 28.9 Å². The number of pyridine rings is 1. The summed E-state index contributed by atoms with van der Waals surface area (Å²) in [7, 11) is 1.96. The Kier molecular flexibility index (Phi) is 3.88. The van der Waals surface area contributed by atoms with E-state index in [-0.39, 0.29) is 5.91 Å². The summed E-state index contributed by atoms with van der Waals surface area (Å²) in [5.41, 5.74) is 2.48. The predicted octanol–water partition coefficient (Wildman–Crippen LogP) is 2.37. The van der Waals surface area contributed by atoms with Crippen LogP contribution in [0.3, 0.4) is 0 Å². The number of para-hydroxylation sites is 1. The third-order valence-electron chi connectivity index (χ3n) is 4.26. The van der Waals surface area contributed by atoms with Crippen molar-refractivity contribution in [2.24, 2.45) is 0 Å². The van der Waals surface area contributed by atoms with E-state index in [1.807, 2.05) is 49.2 Å². The van der Waals surface area contributed by atoms with Crippen molar-refractivity contribution in [3.63, 3.8) is 0 Å². The lowest BCUT2D eigenvalue weighted by Crippen LogP contribution is -2.47. The van der Waals surface area contributed by atoms with Crippen LogP contribution in [0.5, 0.6) is 0 Å². The normalized spacial score (nSPS) is 19.0. The number of hydrogen-bond donors (Lipinski definition) is 1. The largest absolute Gasteiger partial charge is 0.337 e. The fraction of sp³-hybridized carbons (Fsp3) is 0.412. The van der Waals surface area contributed by atoms with Crippen molar-refractivity contribution in [1.82, 2.24) is 15.2 Å². The number of aryl methyl sites for hydroxylation is 1. The quantitative estimate of drug-likeness (QED) is 0.920. The van der Waals surface area contributed by atoms with Crippen molar-refractivity contribution < 1.29 is 4.79 Å². The summed E-state index contributed by atoms with van der Waals surface area (Å²) in [6.45, 7) is 3.53. The van der Waals surface area contributed by atoms with E-state index in [1.54, 1.807) is 0 Å². The van der Waals surface area contributed by atoms with Gasteiger partial charge < -0.3 is 10.2 Å². The fourth-order valence-electron chi connectivity index (χ4n) is 3.00. The van der Waals surface area contributed by atoms with Gasteiger partial charge in [0.2, 0.25) is 0 Å². The van der Waals surface area contributed by atoms with Gasteiger partial charge in [0, 0.05) is 24.5 Å². The van der Waals surface area contributed by atoms with Crippen molar-refractivity contribution in [2.45, 2.75) is 25.8 Å². The second-order valence-electron chi connectivity index (χ2n) is 5.69. The molecule has 1 saturated heterocycles. The van der Waals surface area contributed by atoms with E-state index >= 15 is 0 Å². The van der Waals surface area contributed by atoms with Crippen LogP contribution in [0, 0.1) is 6.92 Å². The van der Waals surface area contributed by atoms with E-state index in [0.717, 1.165) is 48.1 Å². The van der Waals surface area contributed by atoms with Crippen LogP contribution >= 0.6 is 0 Å². The number of rotatable bonds is 2. The van der Waals surface area contributed by atoms with Crippen LogP contribution < -0.4 is 5.32 Å². The Bertz CT molecular complexity index is 668. The number of fused-ring (bicyclic) bond motifs is 1. The molecule has 1 aliphatic heterocycles. The molecule has 0 saturated carbocycles. The topological polar surface area (TPSA) is 45.2 Å². The van der Waals surface area contributed by atoms with Gasteiger partial charge >= 0.3 is 0 Å². The molecule has 1 atom stereocenters. The van der Waals surface area contributed by atoms with Crippen molar-refractivity contribution in [1.29, 1.82) is 0 Å². The van der Waals surface area contributed by atoms with Crippen molar-refractivity contribution in [2.75, 3.05) is 20.1 Å². The molecule has 1 aliphatic rings. The Labute approximate surface area is 125 Å². The van der Waals surface area contributed by atoms with Gasteiger partial charge in [0.1, 0.15) is 0 Å². The number of likely N-dealkylation sites (tertiary alicyclic amines) is 1. The predicted molar refractivity (Wildman–Crippen MR) is 84.5 cm³/mol. The number of piperidine rings is 1. The molecule has 110 valence electrons. The van der Waals surface area contributed by atoms with Gasteiger partial charge in [0.15, 0.2) is 0 Å². The summed E-state index contributed by atoms with van der Waals surface area (Å²) in [4.78, 5) is 19.3. The van der Waals surface area contributed by atoms with Gasteiger partial charge in [-0.15, -0.1) is 0 Å². The number of aromatic nitrogens is 1. The highest BCUT2D eigenvalue weighted by Crippen LogP contribution is 2.20. The minimum absolute atomic E-state index is 0.103. The molecule has 0 radical (unpaired) electrons. The number of carbonyl (C=O) groups excluding carboxylic acids is 1. The summed E-state index contributed by atoms with van der Waals surface area (Å²) in [5.74, 6) is 0.103. The first-order valence-corrected chi connectivity index (χ1v) is 7.52. The highest BCUT2D eigenvalue weighted by molar-refractivity contribution is 5.98. The van der Waals surface area contributed by atoms with Gasteiger partial charge in [-0.1, -0.05) is 18.2 Å². The van der Waals surface area contributed by atoms with Crippen LogP contribution in [-0.4, -0.2) is 42.0 Å². The number of hydrogen-bond acceptors (Lipinski definition) is 3. The van der Waals surface area contributed by atoms with E-state index in [9.17, 15) is 4.79 Å². The lowest BCUT2D eigenvalue weighted by atomic mass is 10.0. The molecule has 1 aromatic heterocycles. The minimum Gasteiger partial charge on any atom is -0.337 e. The Balaban J connectivity index is 1.92. The zero-order valence-corrected chi connectivity index (χ0v) is 12.6.